The van der Waals surface area contributed by atoms with Gasteiger partial charge in [-0.15, -0.1) is 0 Å². The predicted octanol–water partition coefficient (Wildman–Crippen LogP) is 1.98. The molecule has 0 saturated carbocycles. The molecule has 2 N–H and O–H groups in total. The monoisotopic (exact) mass is 216 g/mol. The minimum Gasteiger partial charge on any atom is -0.447 e. The first-order valence-corrected chi connectivity index (χ1v) is 5.74. The van der Waals surface area contributed by atoms with Crippen molar-refractivity contribution in [3.63, 3.8) is 0 Å². The van der Waals surface area contributed by atoms with E-state index >= 15 is 0 Å². The summed E-state index contributed by atoms with van der Waals surface area (Å²) in [5, 5.41) is 0. The lowest BCUT2D eigenvalue weighted by Gasteiger charge is -2.30. The lowest BCUT2D eigenvalue weighted by Crippen LogP contribution is -2.43. The van der Waals surface area contributed by atoms with E-state index in [4.69, 9.17) is 10.5 Å². The van der Waals surface area contributed by atoms with Gasteiger partial charge in [0.15, 0.2) is 0 Å². The number of nitrogens with two attached hydrogens (primary N) is 1. The molecule has 0 aromatic heterocycles. The van der Waals surface area contributed by atoms with Crippen molar-refractivity contribution in [3.05, 3.63) is 0 Å². The number of nitrogens with zero attached hydrogens (tertiary/aromatic N) is 1. The fraction of sp³-hybridized carbons (Fsp3) is 0.909. The SMILES string of the molecule is CCC(CC)N(CCN)C(=O)OC(C)C. The van der Waals surface area contributed by atoms with E-state index in [2.05, 4.69) is 13.8 Å². The molecule has 0 radical (unpaired) electrons. The van der Waals surface area contributed by atoms with Gasteiger partial charge in [0.1, 0.15) is 0 Å². The highest BCUT2D eigenvalue weighted by atomic mass is 16.6. The Morgan fingerprint density at radius 1 is 1.33 bits per heavy atom. The van der Waals surface area contributed by atoms with Crippen LogP contribution in [0, 0.1) is 0 Å². The molecule has 0 aromatic rings. The zero-order chi connectivity index (χ0) is 11.8. The first-order valence-electron chi connectivity index (χ1n) is 5.74. The summed E-state index contributed by atoms with van der Waals surface area (Å²) in [4.78, 5) is 13.5. The quantitative estimate of drug-likeness (QED) is 0.738. The summed E-state index contributed by atoms with van der Waals surface area (Å²) in [6, 6.07) is 0.236. The third kappa shape index (κ3) is 5.02. The number of carbonyl (C=O) groups is 1. The lowest BCUT2D eigenvalue weighted by atomic mass is 10.1. The second kappa shape index (κ2) is 7.51. The predicted molar refractivity (Wildman–Crippen MR) is 61.7 cm³/mol. The van der Waals surface area contributed by atoms with Crippen molar-refractivity contribution in [2.75, 3.05) is 13.1 Å². The van der Waals surface area contributed by atoms with E-state index < -0.39 is 0 Å². The maximum Gasteiger partial charge on any atom is 0.410 e. The number of carbonyl (C=O) groups excluding carboxylic acids is 1. The first kappa shape index (κ1) is 14.2. The topological polar surface area (TPSA) is 55.6 Å². The molecule has 15 heavy (non-hydrogen) atoms. The average molecular weight is 216 g/mol. The summed E-state index contributed by atoms with van der Waals surface area (Å²) in [5.74, 6) is 0. The van der Waals surface area contributed by atoms with Gasteiger partial charge in [-0.2, -0.15) is 0 Å². The minimum absolute atomic E-state index is 0.0767. The maximum atomic E-state index is 11.8. The van der Waals surface area contributed by atoms with Crippen molar-refractivity contribution in [3.8, 4) is 0 Å². The minimum atomic E-state index is -0.246. The maximum absolute atomic E-state index is 11.8. The standard InChI is InChI=1S/C11H24N2O2/c1-5-10(6-2)13(8-7-12)11(14)15-9(3)4/h9-10H,5-8,12H2,1-4H3. The fourth-order valence-electron chi connectivity index (χ4n) is 1.56. The fourth-order valence-corrected chi connectivity index (χ4v) is 1.56. The van der Waals surface area contributed by atoms with Crippen LogP contribution in [0.3, 0.4) is 0 Å². The van der Waals surface area contributed by atoms with Crippen LogP contribution in [0.2, 0.25) is 0 Å². The van der Waals surface area contributed by atoms with Crippen molar-refractivity contribution in [2.45, 2.75) is 52.7 Å². The number of hydrogen-bond donors (Lipinski definition) is 1. The zero-order valence-corrected chi connectivity index (χ0v) is 10.3. The number of ether oxygens (including phenoxy) is 1. The molecule has 90 valence electrons. The van der Waals surface area contributed by atoms with Crippen LogP contribution in [0.1, 0.15) is 40.5 Å². The summed E-state index contributed by atoms with van der Waals surface area (Å²) >= 11 is 0. The van der Waals surface area contributed by atoms with E-state index in [0.29, 0.717) is 13.1 Å². The molecule has 0 heterocycles. The van der Waals surface area contributed by atoms with Gasteiger partial charge in [-0.05, 0) is 26.7 Å². The van der Waals surface area contributed by atoms with Crippen LogP contribution in [0.5, 0.6) is 0 Å². The molecule has 0 aliphatic heterocycles. The molecule has 0 spiro atoms. The van der Waals surface area contributed by atoms with E-state index in [9.17, 15) is 4.79 Å². The third-order valence-electron chi connectivity index (χ3n) is 2.32. The van der Waals surface area contributed by atoms with E-state index in [-0.39, 0.29) is 18.2 Å². The normalized spacial score (nSPS) is 10.9. The highest BCUT2D eigenvalue weighted by molar-refractivity contribution is 5.68. The van der Waals surface area contributed by atoms with E-state index in [1.807, 2.05) is 13.8 Å². The summed E-state index contributed by atoms with van der Waals surface area (Å²) in [6.45, 7) is 8.89. The largest absolute Gasteiger partial charge is 0.447 e. The molecule has 4 heteroatoms. The van der Waals surface area contributed by atoms with Crippen LogP contribution >= 0.6 is 0 Å². The Bertz CT molecular complexity index is 179. The number of hydrogen-bond acceptors (Lipinski definition) is 3. The van der Waals surface area contributed by atoms with Gasteiger partial charge in [0.2, 0.25) is 0 Å². The van der Waals surface area contributed by atoms with Crippen molar-refractivity contribution < 1.29 is 9.53 Å². The number of amides is 1. The Morgan fingerprint density at radius 2 is 1.87 bits per heavy atom. The summed E-state index contributed by atoms with van der Waals surface area (Å²) in [7, 11) is 0. The van der Waals surface area contributed by atoms with Crippen LogP contribution in [0.25, 0.3) is 0 Å². The molecule has 0 aliphatic carbocycles. The van der Waals surface area contributed by atoms with E-state index in [0.717, 1.165) is 12.8 Å². The van der Waals surface area contributed by atoms with Gasteiger partial charge < -0.3 is 15.4 Å². The molecule has 1 amide bonds. The third-order valence-corrected chi connectivity index (χ3v) is 2.32. The Morgan fingerprint density at radius 3 is 2.20 bits per heavy atom. The van der Waals surface area contributed by atoms with Crippen molar-refractivity contribution >= 4 is 6.09 Å². The van der Waals surface area contributed by atoms with Gasteiger partial charge in [0.05, 0.1) is 6.10 Å². The van der Waals surface area contributed by atoms with E-state index in [1.165, 1.54) is 0 Å². The number of rotatable bonds is 6. The van der Waals surface area contributed by atoms with Crippen LogP contribution in [-0.2, 0) is 4.74 Å². The molecule has 0 aliphatic rings. The second-order valence-corrected chi connectivity index (χ2v) is 3.88. The molecule has 0 saturated heterocycles. The zero-order valence-electron chi connectivity index (χ0n) is 10.3. The van der Waals surface area contributed by atoms with Crippen LogP contribution in [0.4, 0.5) is 4.79 Å². The van der Waals surface area contributed by atoms with Gasteiger partial charge in [0, 0.05) is 19.1 Å². The van der Waals surface area contributed by atoms with Crippen LogP contribution in [-0.4, -0.2) is 36.2 Å². The molecular formula is C11H24N2O2. The Balaban J connectivity index is 4.41. The molecule has 4 nitrogen and oxygen atoms in total. The molecular weight excluding hydrogens is 192 g/mol. The lowest BCUT2D eigenvalue weighted by molar-refractivity contribution is 0.0626. The molecule has 0 aromatic carbocycles. The van der Waals surface area contributed by atoms with E-state index in [1.54, 1.807) is 4.90 Å². The van der Waals surface area contributed by atoms with Gasteiger partial charge in [0.25, 0.3) is 0 Å². The molecule has 0 unspecified atom stereocenters. The first-order chi connectivity index (χ1) is 7.06. The van der Waals surface area contributed by atoms with Gasteiger partial charge in [-0.1, -0.05) is 13.8 Å². The Kier molecular flexibility index (Phi) is 7.13. The molecule has 0 fully saturated rings. The van der Waals surface area contributed by atoms with Gasteiger partial charge in [-0.25, -0.2) is 4.79 Å². The summed E-state index contributed by atoms with van der Waals surface area (Å²) in [5.41, 5.74) is 5.50. The highest BCUT2D eigenvalue weighted by Gasteiger charge is 2.22. The Labute approximate surface area is 92.8 Å². The van der Waals surface area contributed by atoms with Crippen molar-refractivity contribution in [1.29, 1.82) is 0 Å². The average Bonchev–Trinajstić information content (AvgIpc) is 2.17. The smallest absolute Gasteiger partial charge is 0.410 e. The van der Waals surface area contributed by atoms with Crippen molar-refractivity contribution in [1.82, 2.24) is 4.90 Å². The Hall–Kier alpha value is -0.770. The summed E-state index contributed by atoms with van der Waals surface area (Å²) in [6.07, 6.45) is 1.55. The molecule has 0 atom stereocenters. The highest BCUT2D eigenvalue weighted by Crippen LogP contribution is 2.10. The van der Waals surface area contributed by atoms with Gasteiger partial charge in [-0.3, -0.25) is 0 Å². The second-order valence-electron chi connectivity index (χ2n) is 3.88. The van der Waals surface area contributed by atoms with Crippen LogP contribution < -0.4 is 5.73 Å². The van der Waals surface area contributed by atoms with Gasteiger partial charge >= 0.3 is 6.09 Å². The molecule has 0 bridgehead atoms. The van der Waals surface area contributed by atoms with Crippen LogP contribution in [0.15, 0.2) is 0 Å². The molecule has 0 rings (SSSR count). The summed E-state index contributed by atoms with van der Waals surface area (Å²) < 4.78 is 5.18. The van der Waals surface area contributed by atoms with Crippen molar-refractivity contribution in [2.24, 2.45) is 5.73 Å².